The molecule has 1 fully saturated rings. The van der Waals surface area contributed by atoms with Crippen LogP contribution in [0.3, 0.4) is 0 Å². The van der Waals surface area contributed by atoms with Gasteiger partial charge in [-0.15, -0.1) is 0 Å². The molecule has 7 heteroatoms. The van der Waals surface area contributed by atoms with Crippen molar-refractivity contribution in [1.29, 1.82) is 0 Å². The van der Waals surface area contributed by atoms with Gasteiger partial charge >= 0.3 is 0 Å². The van der Waals surface area contributed by atoms with Crippen molar-refractivity contribution in [2.45, 2.75) is 31.0 Å². The molecular weight excluding hydrogens is 274 g/mol. The number of carbonyl (C=O) groups is 1. The van der Waals surface area contributed by atoms with Crippen LogP contribution < -0.4 is 10.6 Å². The molecule has 6 nitrogen and oxygen atoms in total. The van der Waals surface area contributed by atoms with Gasteiger partial charge in [0.1, 0.15) is 17.7 Å². The van der Waals surface area contributed by atoms with E-state index in [0.29, 0.717) is 11.0 Å². The second-order valence-electron chi connectivity index (χ2n) is 4.80. The molecule has 1 unspecified atom stereocenters. The molecule has 1 atom stereocenters. The first-order chi connectivity index (χ1) is 9.63. The summed E-state index contributed by atoms with van der Waals surface area (Å²) in [6.07, 6.45) is 3.79. The summed E-state index contributed by atoms with van der Waals surface area (Å²) in [5.74, 6) is 1.63. The number of nitrogens with zero attached hydrogens (tertiary/aromatic N) is 3. The molecule has 2 heterocycles. The first-order valence-electron chi connectivity index (χ1n) is 6.82. The predicted octanol–water partition coefficient (Wildman–Crippen LogP) is 1.66. The normalized spacial score (nSPS) is 18.4. The predicted molar refractivity (Wildman–Crippen MR) is 82.3 cm³/mol. The summed E-state index contributed by atoms with van der Waals surface area (Å²) in [7, 11) is 1.82. The molecule has 0 radical (unpaired) electrons. The Bertz CT molecular complexity index is 482. The lowest BCUT2D eigenvalue weighted by Gasteiger charge is -2.14. The van der Waals surface area contributed by atoms with E-state index in [4.69, 9.17) is 0 Å². The molecule has 1 saturated heterocycles. The smallest absolute Gasteiger partial charge is 0.244 e. The standard InChI is InChI=1S/C13H21N5OS/c1-4-6-14-10-8-11(17-13(16-10)20-3)15-9-5-7-18(2)12(9)19/h8-9H,4-7H2,1-3H3,(H2,14,15,16,17). The SMILES string of the molecule is CCCNc1cc(NC2CCN(C)C2=O)nc(SC)n1. The average Bonchev–Trinajstić information content (AvgIpc) is 2.77. The van der Waals surface area contributed by atoms with Gasteiger partial charge in [0.05, 0.1) is 0 Å². The highest BCUT2D eigenvalue weighted by Crippen LogP contribution is 2.20. The van der Waals surface area contributed by atoms with Crippen LogP contribution in [0.5, 0.6) is 0 Å². The Morgan fingerprint density at radius 2 is 2.20 bits per heavy atom. The largest absolute Gasteiger partial charge is 0.370 e. The highest BCUT2D eigenvalue weighted by Gasteiger charge is 2.29. The molecule has 20 heavy (non-hydrogen) atoms. The van der Waals surface area contributed by atoms with Crippen LogP contribution in [0.1, 0.15) is 19.8 Å². The van der Waals surface area contributed by atoms with Gasteiger partial charge in [0, 0.05) is 26.2 Å². The van der Waals surface area contributed by atoms with Crippen molar-refractivity contribution in [3.05, 3.63) is 6.07 Å². The number of thioether (sulfide) groups is 1. The highest BCUT2D eigenvalue weighted by atomic mass is 32.2. The lowest BCUT2D eigenvalue weighted by Crippen LogP contribution is -2.31. The topological polar surface area (TPSA) is 70.2 Å². The third-order valence-electron chi connectivity index (χ3n) is 3.19. The number of hydrogen-bond donors (Lipinski definition) is 2. The Kier molecular flexibility index (Phi) is 5.05. The molecule has 1 aliphatic rings. The van der Waals surface area contributed by atoms with Crippen LogP contribution in [-0.4, -0.2) is 53.2 Å². The Labute approximate surface area is 123 Å². The van der Waals surface area contributed by atoms with Crippen molar-refractivity contribution < 1.29 is 4.79 Å². The summed E-state index contributed by atoms with van der Waals surface area (Å²) in [5.41, 5.74) is 0. The Morgan fingerprint density at radius 1 is 1.45 bits per heavy atom. The third kappa shape index (κ3) is 3.53. The van der Waals surface area contributed by atoms with Gasteiger partial charge in [0.15, 0.2) is 5.16 Å². The van der Waals surface area contributed by atoms with Gasteiger partial charge < -0.3 is 15.5 Å². The highest BCUT2D eigenvalue weighted by molar-refractivity contribution is 7.98. The molecule has 2 N–H and O–H groups in total. The van der Waals surface area contributed by atoms with E-state index < -0.39 is 0 Å². The van der Waals surface area contributed by atoms with Crippen molar-refractivity contribution in [3.8, 4) is 0 Å². The van der Waals surface area contributed by atoms with Gasteiger partial charge in [-0.3, -0.25) is 4.79 Å². The van der Waals surface area contributed by atoms with Crippen LogP contribution in [-0.2, 0) is 4.79 Å². The lowest BCUT2D eigenvalue weighted by atomic mass is 10.2. The molecule has 0 aromatic carbocycles. The number of likely N-dealkylation sites (N-methyl/N-ethyl adjacent to an activating group) is 1. The number of amides is 1. The summed E-state index contributed by atoms with van der Waals surface area (Å²) in [6, 6.07) is 1.68. The van der Waals surface area contributed by atoms with E-state index in [-0.39, 0.29) is 11.9 Å². The maximum absolute atomic E-state index is 11.9. The van der Waals surface area contributed by atoms with E-state index in [9.17, 15) is 4.79 Å². The van der Waals surface area contributed by atoms with E-state index in [1.165, 1.54) is 11.8 Å². The molecule has 1 aromatic rings. The van der Waals surface area contributed by atoms with Crippen LogP contribution in [0.15, 0.2) is 11.2 Å². The van der Waals surface area contributed by atoms with Crippen LogP contribution in [0.25, 0.3) is 0 Å². The molecule has 110 valence electrons. The van der Waals surface area contributed by atoms with Gasteiger partial charge in [-0.1, -0.05) is 18.7 Å². The average molecular weight is 295 g/mol. The number of anilines is 2. The fourth-order valence-electron chi connectivity index (χ4n) is 2.07. The molecule has 1 aromatic heterocycles. The van der Waals surface area contributed by atoms with Crippen molar-refractivity contribution in [3.63, 3.8) is 0 Å². The Hall–Kier alpha value is -1.50. The number of rotatable bonds is 6. The maximum atomic E-state index is 11.9. The minimum atomic E-state index is -0.177. The van der Waals surface area contributed by atoms with E-state index in [1.54, 1.807) is 4.90 Å². The van der Waals surface area contributed by atoms with Gasteiger partial charge in [0.2, 0.25) is 5.91 Å². The number of nitrogens with one attached hydrogen (secondary N) is 2. The van der Waals surface area contributed by atoms with Crippen molar-refractivity contribution >= 4 is 29.3 Å². The van der Waals surface area contributed by atoms with Crippen LogP contribution >= 0.6 is 11.8 Å². The zero-order chi connectivity index (χ0) is 14.5. The fraction of sp³-hybridized carbons (Fsp3) is 0.615. The first-order valence-corrected chi connectivity index (χ1v) is 8.05. The van der Waals surface area contributed by atoms with Crippen molar-refractivity contribution in [2.75, 3.05) is 37.0 Å². The van der Waals surface area contributed by atoms with E-state index >= 15 is 0 Å². The number of likely N-dealkylation sites (tertiary alicyclic amines) is 1. The van der Waals surface area contributed by atoms with Gasteiger partial charge in [-0.2, -0.15) is 0 Å². The summed E-state index contributed by atoms with van der Waals surface area (Å²) in [4.78, 5) is 22.5. The van der Waals surface area contributed by atoms with E-state index in [1.807, 2.05) is 19.4 Å². The Morgan fingerprint density at radius 3 is 2.80 bits per heavy atom. The second kappa shape index (κ2) is 6.78. The quantitative estimate of drug-likeness (QED) is 0.614. The van der Waals surface area contributed by atoms with Gasteiger partial charge in [-0.25, -0.2) is 9.97 Å². The van der Waals surface area contributed by atoms with Crippen LogP contribution in [0, 0.1) is 0 Å². The molecule has 0 bridgehead atoms. The number of hydrogen-bond acceptors (Lipinski definition) is 6. The van der Waals surface area contributed by atoms with E-state index in [2.05, 4.69) is 27.5 Å². The third-order valence-corrected chi connectivity index (χ3v) is 3.74. The molecule has 1 aliphatic heterocycles. The fourth-order valence-corrected chi connectivity index (χ4v) is 2.45. The molecule has 0 aliphatic carbocycles. The number of aromatic nitrogens is 2. The van der Waals surface area contributed by atoms with Crippen LogP contribution in [0.2, 0.25) is 0 Å². The van der Waals surface area contributed by atoms with Gasteiger partial charge in [0.25, 0.3) is 0 Å². The first kappa shape index (κ1) is 14.9. The monoisotopic (exact) mass is 295 g/mol. The van der Waals surface area contributed by atoms with E-state index in [0.717, 1.165) is 31.7 Å². The molecule has 0 spiro atoms. The van der Waals surface area contributed by atoms with Crippen LogP contribution in [0.4, 0.5) is 11.6 Å². The van der Waals surface area contributed by atoms with Crippen molar-refractivity contribution in [2.24, 2.45) is 0 Å². The Balaban J connectivity index is 2.12. The zero-order valence-electron chi connectivity index (χ0n) is 12.1. The molecular formula is C13H21N5OS. The lowest BCUT2D eigenvalue weighted by molar-refractivity contribution is -0.127. The molecule has 1 amide bonds. The molecule has 0 saturated carbocycles. The minimum Gasteiger partial charge on any atom is -0.370 e. The minimum absolute atomic E-state index is 0.123. The number of carbonyl (C=O) groups excluding carboxylic acids is 1. The van der Waals surface area contributed by atoms with Crippen molar-refractivity contribution in [1.82, 2.24) is 14.9 Å². The maximum Gasteiger partial charge on any atom is 0.244 e. The summed E-state index contributed by atoms with van der Waals surface area (Å²) >= 11 is 1.49. The second-order valence-corrected chi connectivity index (χ2v) is 5.57. The zero-order valence-corrected chi connectivity index (χ0v) is 13.0. The summed E-state index contributed by atoms with van der Waals surface area (Å²) in [6.45, 7) is 3.77. The molecule has 2 rings (SSSR count). The summed E-state index contributed by atoms with van der Waals surface area (Å²) < 4.78 is 0. The van der Waals surface area contributed by atoms with Gasteiger partial charge in [-0.05, 0) is 19.1 Å². The summed E-state index contributed by atoms with van der Waals surface area (Å²) in [5, 5.41) is 7.17.